The number of carbonyl (C=O) groups is 1. The Kier molecular flexibility index (Phi) is 4.10. The number of hydrogen-bond donors (Lipinski definition) is 1. The fourth-order valence-electron chi connectivity index (χ4n) is 3.08. The van der Waals surface area contributed by atoms with Crippen molar-refractivity contribution in [2.75, 3.05) is 18.0 Å². The van der Waals surface area contributed by atoms with Gasteiger partial charge in [-0.3, -0.25) is 4.79 Å². The number of hydrogen-bond acceptors (Lipinski definition) is 3. The molecule has 1 aromatic heterocycles. The fourth-order valence-corrected chi connectivity index (χ4v) is 3.57. The van der Waals surface area contributed by atoms with E-state index in [1.807, 2.05) is 24.4 Å². The number of piperidine rings is 1. The Morgan fingerprint density at radius 2 is 2.24 bits per heavy atom. The highest BCUT2D eigenvalue weighted by molar-refractivity contribution is 9.10. The zero-order valence-electron chi connectivity index (χ0n) is 11.6. The monoisotopic (exact) mass is 348 g/mol. The molecule has 4 nitrogen and oxygen atoms in total. The summed E-state index contributed by atoms with van der Waals surface area (Å²) >= 11 is 3.58. The van der Waals surface area contributed by atoms with Crippen molar-refractivity contribution in [1.82, 2.24) is 4.98 Å². The van der Waals surface area contributed by atoms with E-state index < -0.39 is 5.97 Å². The second-order valence-electron chi connectivity index (χ2n) is 5.52. The van der Waals surface area contributed by atoms with Gasteiger partial charge in [0.2, 0.25) is 0 Å². The van der Waals surface area contributed by atoms with Crippen molar-refractivity contribution in [2.24, 2.45) is 5.92 Å². The van der Waals surface area contributed by atoms with Crippen LogP contribution in [-0.4, -0.2) is 29.1 Å². The second kappa shape index (κ2) is 6.02. The van der Waals surface area contributed by atoms with E-state index in [1.54, 1.807) is 0 Å². The summed E-state index contributed by atoms with van der Waals surface area (Å²) in [5.41, 5.74) is 0. The molecule has 0 bridgehead atoms. The summed E-state index contributed by atoms with van der Waals surface area (Å²) in [6.45, 7) is 1.71. The van der Waals surface area contributed by atoms with Crippen molar-refractivity contribution in [1.29, 1.82) is 0 Å². The number of anilines is 1. The number of pyridine rings is 1. The van der Waals surface area contributed by atoms with Gasteiger partial charge in [-0.2, -0.15) is 0 Å². The minimum absolute atomic E-state index is 0.209. The molecule has 1 saturated heterocycles. The number of aliphatic carboxylic acids is 1. The number of carboxylic acid groups (broad SMARTS) is 1. The predicted molar refractivity (Wildman–Crippen MR) is 86.6 cm³/mol. The van der Waals surface area contributed by atoms with Crippen molar-refractivity contribution in [3.8, 4) is 0 Å². The van der Waals surface area contributed by atoms with Gasteiger partial charge in [-0.25, -0.2) is 4.98 Å². The zero-order chi connectivity index (χ0) is 14.8. The van der Waals surface area contributed by atoms with Crippen LogP contribution < -0.4 is 4.90 Å². The summed E-state index contributed by atoms with van der Waals surface area (Å²) < 4.78 is 1.06. The molecule has 0 aliphatic carbocycles. The summed E-state index contributed by atoms with van der Waals surface area (Å²) in [4.78, 5) is 17.7. The van der Waals surface area contributed by atoms with Crippen molar-refractivity contribution in [3.05, 3.63) is 34.9 Å². The average Bonchev–Trinajstić information content (AvgIpc) is 2.47. The van der Waals surface area contributed by atoms with E-state index in [0.29, 0.717) is 0 Å². The number of aromatic nitrogens is 1. The van der Waals surface area contributed by atoms with Gasteiger partial charge in [0, 0.05) is 41.0 Å². The van der Waals surface area contributed by atoms with Crippen LogP contribution in [0.5, 0.6) is 0 Å². The Hall–Kier alpha value is -1.62. The fraction of sp³-hybridized carbons (Fsp3) is 0.375. The Morgan fingerprint density at radius 1 is 1.38 bits per heavy atom. The predicted octanol–water partition coefficient (Wildman–Crippen LogP) is 3.69. The van der Waals surface area contributed by atoms with Crippen LogP contribution in [0.2, 0.25) is 0 Å². The summed E-state index contributed by atoms with van der Waals surface area (Å²) in [6.07, 6.45) is 4.06. The molecule has 1 fully saturated rings. The molecule has 0 radical (unpaired) electrons. The van der Waals surface area contributed by atoms with Gasteiger partial charge in [-0.15, -0.1) is 0 Å². The Labute approximate surface area is 131 Å². The summed E-state index contributed by atoms with van der Waals surface area (Å²) in [7, 11) is 0. The van der Waals surface area contributed by atoms with Crippen molar-refractivity contribution in [3.63, 3.8) is 0 Å². The third-order valence-corrected chi connectivity index (χ3v) is 4.71. The highest BCUT2D eigenvalue weighted by Gasteiger charge is 2.24. The maximum absolute atomic E-state index is 10.9. The van der Waals surface area contributed by atoms with Gasteiger partial charge >= 0.3 is 5.97 Å². The van der Waals surface area contributed by atoms with E-state index in [-0.39, 0.29) is 12.3 Å². The molecule has 21 heavy (non-hydrogen) atoms. The molecular formula is C16H17BrN2O2. The Morgan fingerprint density at radius 3 is 3.05 bits per heavy atom. The second-order valence-corrected chi connectivity index (χ2v) is 6.38. The summed E-state index contributed by atoms with van der Waals surface area (Å²) in [5.74, 6) is 0.458. The van der Waals surface area contributed by atoms with Gasteiger partial charge in [-0.1, -0.05) is 28.1 Å². The lowest BCUT2D eigenvalue weighted by Gasteiger charge is -2.33. The number of halogens is 1. The van der Waals surface area contributed by atoms with Crippen LogP contribution in [0.1, 0.15) is 19.3 Å². The van der Waals surface area contributed by atoms with Crippen LogP contribution in [0.15, 0.2) is 34.9 Å². The lowest BCUT2D eigenvalue weighted by atomic mass is 9.94. The van der Waals surface area contributed by atoms with E-state index in [9.17, 15) is 4.79 Å². The molecular weight excluding hydrogens is 332 g/mol. The molecule has 5 heteroatoms. The van der Waals surface area contributed by atoms with Crippen molar-refractivity contribution in [2.45, 2.75) is 19.3 Å². The molecule has 2 aromatic rings. The average molecular weight is 349 g/mol. The SMILES string of the molecule is O=C(O)CC1CCCN(c2nccc3c(Br)cccc23)C1. The van der Waals surface area contributed by atoms with Crippen LogP contribution in [0.4, 0.5) is 5.82 Å². The van der Waals surface area contributed by atoms with Gasteiger partial charge in [0.05, 0.1) is 0 Å². The zero-order valence-corrected chi connectivity index (χ0v) is 13.2. The van der Waals surface area contributed by atoms with E-state index >= 15 is 0 Å². The van der Waals surface area contributed by atoms with E-state index in [0.717, 1.165) is 47.0 Å². The molecule has 2 heterocycles. The van der Waals surface area contributed by atoms with E-state index in [4.69, 9.17) is 5.11 Å². The van der Waals surface area contributed by atoms with E-state index in [1.165, 1.54) is 0 Å². The van der Waals surface area contributed by atoms with Gasteiger partial charge < -0.3 is 10.0 Å². The number of fused-ring (bicyclic) bond motifs is 1. The third kappa shape index (κ3) is 3.02. The topological polar surface area (TPSA) is 53.4 Å². The Balaban J connectivity index is 1.93. The molecule has 3 rings (SSSR count). The van der Waals surface area contributed by atoms with Crippen molar-refractivity contribution < 1.29 is 9.90 Å². The smallest absolute Gasteiger partial charge is 0.303 e. The lowest BCUT2D eigenvalue weighted by molar-refractivity contribution is -0.138. The molecule has 1 atom stereocenters. The first-order chi connectivity index (χ1) is 10.1. The maximum Gasteiger partial charge on any atom is 0.303 e. The molecule has 1 aromatic carbocycles. The quantitative estimate of drug-likeness (QED) is 0.918. The number of carboxylic acids is 1. The number of nitrogens with zero attached hydrogens (tertiary/aromatic N) is 2. The first-order valence-electron chi connectivity index (χ1n) is 7.15. The van der Waals surface area contributed by atoms with Gasteiger partial charge in [0.1, 0.15) is 5.82 Å². The van der Waals surface area contributed by atoms with Crippen molar-refractivity contribution >= 4 is 38.5 Å². The summed E-state index contributed by atoms with van der Waals surface area (Å²) in [6, 6.07) is 8.11. The van der Waals surface area contributed by atoms with Crippen LogP contribution >= 0.6 is 15.9 Å². The molecule has 0 saturated carbocycles. The molecule has 1 N–H and O–H groups in total. The number of benzene rings is 1. The van der Waals surface area contributed by atoms with Gasteiger partial charge in [0.15, 0.2) is 0 Å². The standard InChI is InChI=1S/C16H17BrN2O2/c17-14-5-1-4-13-12(14)6-7-18-16(13)19-8-2-3-11(10-19)9-15(20)21/h1,4-7,11H,2-3,8-10H2,(H,20,21). The van der Waals surface area contributed by atoms with Gasteiger partial charge in [0.25, 0.3) is 0 Å². The summed E-state index contributed by atoms with van der Waals surface area (Å²) in [5, 5.41) is 11.2. The lowest BCUT2D eigenvalue weighted by Crippen LogP contribution is -2.36. The maximum atomic E-state index is 10.9. The third-order valence-electron chi connectivity index (χ3n) is 4.01. The molecule has 1 aliphatic heterocycles. The first-order valence-corrected chi connectivity index (χ1v) is 7.94. The molecule has 110 valence electrons. The molecule has 1 unspecified atom stereocenters. The highest BCUT2D eigenvalue weighted by atomic mass is 79.9. The van der Waals surface area contributed by atoms with Crippen LogP contribution in [0.3, 0.4) is 0 Å². The normalized spacial score (nSPS) is 18.9. The molecule has 0 amide bonds. The van der Waals surface area contributed by atoms with Crippen LogP contribution in [-0.2, 0) is 4.79 Å². The number of rotatable bonds is 3. The molecule has 1 aliphatic rings. The van der Waals surface area contributed by atoms with Gasteiger partial charge in [-0.05, 0) is 30.9 Å². The Bertz CT molecular complexity index is 674. The van der Waals surface area contributed by atoms with Crippen LogP contribution in [0.25, 0.3) is 10.8 Å². The first kappa shape index (κ1) is 14.3. The highest BCUT2D eigenvalue weighted by Crippen LogP contribution is 2.32. The minimum atomic E-state index is -0.713. The minimum Gasteiger partial charge on any atom is -0.481 e. The molecule has 0 spiro atoms. The van der Waals surface area contributed by atoms with Crippen LogP contribution in [0, 0.1) is 5.92 Å². The largest absolute Gasteiger partial charge is 0.481 e. The van der Waals surface area contributed by atoms with E-state index in [2.05, 4.69) is 31.9 Å².